The summed E-state index contributed by atoms with van der Waals surface area (Å²) < 4.78 is 5.36. The summed E-state index contributed by atoms with van der Waals surface area (Å²) >= 11 is 0. The van der Waals surface area contributed by atoms with Gasteiger partial charge in [0, 0.05) is 19.7 Å². The second kappa shape index (κ2) is 10.3. The Morgan fingerprint density at radius 1 is 1.29 bits per heavy atom. The minimum Gasteiger partial charge on any atom is -0.380 e. The molecular weight excluding hydrogens is 178 g/mol. The molecule has 0 fully saturated rings. The number of nitrogens with one attached hydrogen (secondary N) is 1. The molecule has 0 bridgehead atoms. The molecule has 0 aromatic rings. The Morgan fingerprint density at radius 2 is 2.07 bits per heavy atom. The van der Waals surface area contributed by atoms with Gasteiger partial charge in [0.1, 0.15) is 0 Å². The van der Waals surface area contributed by atoms with Crippen LogP contribution in [0.3, 0.4) is 0 Å². The van der Waals surface area contributed by atoms with Crippen LogP contribution in [-0.2, 0) is 4.74 Å². The van der Waals surface area contributed by atoms with Crippen LogP contribution in [-0.4, -0.2) is 32.3 Å². The number of nitrogens with two attached hydrogens (primary N) is 1. The van der Waals surface area contributed by atoms with E-state index >= 15 is 0 Å². The van der Waals surface area contributed by atoms with E-state index in [1.807, 2.05) is 0 Å². The van der Waals surface area contributed by atoms with Crippen LogP contribution in [0.5, 0.6) is 0 Å². The van der Waals surface area contributed by atoms with Crippen molar-refractivity contribution in [2.75, 3.05) is 26.3 Å². The molecule has 0 aliphatic rings. The maximum Gasteiger partial charge on any atom is 0.188 e. The fraction of sp³-hybridized carbons (Fsp3) is 0.900. The van der Waals surface area contributed by atoms with E-state index in [2.05, 4.69) is 24.2 Å². The molecule has 4 nitrogen and oxygen atoms in total. The zero-order valence-electron chi connectivity index (χ0n) is 9.38. The fourth-order valence-electron chi connectivity index (χ4n) is 0.888. The first-order valence-corrected chi connectivity index (χ1v) is 5.42. The van der Waals surface area contributed by atoms with Gasteiger partial charge in [0.15, 0.2) is 5.96 Å². The molecule has 0 unspecified atom stereocenters. The molecule has 0 heterocycles. The van der Waals surface area contributed by atoms with Crippen LogP contribution in [0, 0.1) is 0 Å². The van der Waals surface area contributed by atoms with Crippen molar-refractivity contribution in [2.45, 2.75) is 33.1 Å². The Balaban J connectivity index is 3.18. The average Bonchev–Trinajstić information content (AvgIpc) is 2.20. The molecule has 0 saturated heterocycles. The molecule has 4 heteroatoms. The highest BCUT2D eigenvalue weighted by Gasteiger charge is 1.90. The molecule has 0 aliphatic heterocycles. The van der Waals surface area contributed by atoms with Crippen LogP contribution in [0.4, 0.5) is 0 Å². The monoisotopic (exact) mass is 201 g/mol. The van der Waals surface area contributed by atoms with Crippen molar-refractivity contribution in [1.82, 2.24) is 5.32 Å². The van der Waals surface area contributed by atoms with E-state index in [-0.39, 0.29) is 0 Å². The standard InChI is InChI=1S/C10H23N3O/c1-3-5-8-14-9-7-13-10(11)12-6-4-2/h3-9H2,1-2H3,(H3,11,12,13). The molecule has 0 radical (unpaired) electrons. The van der Waals surface area contributed by atoms with Gasteiger partial charge in [0.2, 0.25) is 0 Å². The van der Waals surface area contributed by atoms with Crippen molar-refractivity contribution in [2.24, 2.45) is 10.7 Å². The van der Waals surface area contributed by atoms with Crippen LogP contribution >= 0.6 is 0 Å². The van der Waals surface area contributed by atoms with Crippen molar-refractivity contribution in [3.8, 4) is 0 Å². The molecule has 0 aromatic heterocycles. The number of hydrogen-bond donors (Lipinski definition) is 2. The van der Waals surface area contributed by atoms with Gasteiger partial charge in [0.05, 0.1) is 6.61 Å². The summed E-state index contributed by atoms with van der Waals surface area (Å²) in [4.78, 5) is 4.10. The zero-order chi connectivity index (χ0) is 10.6. The smallest absolute Gasteiger partial charge is 0.188 e. The molecule has 0 aromatic carbocycles. The Hall–Kier alpha value is -0.770. The maximum absolute atomic E-state index is 5.58. The van der Waals surface area contributed by atoms with Crippen molar-refractivity contribution in [1.29, 1.82) is 0 Å². The van der Waals surface area contributed by atoms with Crippen molar-refractivity contribution >= 4 is 5.96 Å². The van der Waals surface area contributed by atoms with Gasteiger partial charge in [-0.15, -0.1) is 0 Å². The summed E-state index contributed by atoms with van der Waals surface area (Å²) in [5.74, 6) is 0.519. The third-order valence-electron chi connectivity index (χ3n) is 1.70. The number of aliphatic imine (C=N–C) groups is 1. The number of nitrogens with zero attached hydrogens (tertiary/aromatic N) is 1. The first kappa shape index (κ1) is 13.2. The fourth-order valence-corrected chi connectivity index (χ4v) is 0.888. The lowest BCUT2D eigenvalue weighted by Gasteiger charge is -2.05. The highest BCUT2D eigenvalue weighted by molar-refractivity contribution is 5.77. The van der Waals surface area contributed by atoms with E-state index in [1.165, 1.54) is 6.42 Å². The first-order valence-electron chi connectivity index (χ1n) is 5.42. The molecule has 0 amide bonds. The summed E-state index contributed by atoms with van der Waals surface area (Å²) in [6.45, 7) is 7.28. The number of rotatable bonds is 8. The van der Waals surface area contributed by atoms with E-state index in [0.29, 0.717) is 12.6 Å². The van der Waals surface area contributed by atoms with Crippen molar-refractivity contribution in [3.63, 3.8) is 0 Å². The third-order valence-corrected chi connectivity index (χ3v) is 1.70. The van der Waals surface area contributed by atoms with Crippen LogP contribution in [0.15, 0.2) is 4.99 Å². The van der Waals surface area contributed by atoms with Gasteiger partial charge in [-0.25, -0.2) is 0 Å². The molecule has 14 heavy (non-hydrogen) atoms. The SMILES string of the molecule is CCCCOCCNC(N)=NCCC. The molecule has 0 atom stereocenters. The van der Waals surface area contributed by atoms with E-state index in [1.54, 1.807) is 0 Å². The summed E-state index contributed by atoms with van der Waals surface area (Å²) in [5.41, 5.74) is 5.58. The molecule has 0 rings (SSSR count). The Labute approximate surface area is 86.9 Å². The Bertz CT molecular complexity index is 148. The topological polar surface area (TPSA) is 59.6 Å². The van der Waals surface area contributed by atoms with E-state index in [9.17, 15) is 0 Å². The van der Waals surface area contributed by atoms with Gasteiger partial charge >= 0.3 is 0 Å². The largest absolute Gasteiger partial charge is 0.380 e. The Morgan fingerprint density at radius 3 is 2.71 bits per heavy atom. The molecule has 0 aliphatic carbocycles. The predicted molar refractivity (Wildman–Crippen MR) is 60.5 cm³/mol. The number of ether oxygens (including phenoxy) is 1. The third kappa shape index (κ3) is 9.32. The summed E-state index contributed by atoms with van der Waals surface area (Å²) in [7, 11) is 0. The molecular formula is C10H23N3O. The van der Waals surface area contributed by atoms with Crippen molar-refractivity contribution in [3.05, 3.63) is 0 Å². The lowest BCUT2D eigenvalue weighted by atomic mass is 10.4. The molecule has 0 spiro atoms. The minimum atomic E-state index is 0.519. The van der Waals surface area contributed by atoms with E-state index in [4.69, 9.17) is 10.5 Å². The highest BCUT2D eigenvalue weighted by Crippen LogP contribution is 1.86. The minimum absolute atomic E-state index is 0.519. The first-order chi connectivity index (χ1) is 6.81. The zero-order valence-corrected chi connectivity index (χ0v) is 9.38. The van der Waals surface area contributed by atoms with Gasteiger partial charge in [-0.3, -0.25) is 4.99 Å². The van der Waals surface area contributed by atoms with Crippen LogP contribution in [0.1, 0.15) is 33.1 Å². The predicted octanol–water partition coefficient (Wildman–Crippen LogP) is 1.12. The quantitative estimate of drug-likeness (QED) is 0.351. The number of unbranched alkanes of at least 4 members (excludes halogenated alkanes) is 1. The van der Waals surface area contributed by atoms with E-state index < -0.39 is 0 Å². The Kier molecular flexibility index (Phi) is 9.74. The lowest BCUT2D eigenvalue weighted by Crippen LogP contribution is -2.34. The number of guanidine groups is 1. The summed E-state index contributed by atoms with van der Waals surface area (Å²) in [5, 5.41) is 3.00. The van der Waals surface area contributed by atoms with Crippen LogP contribution < -0.4 is 11.1 Å². The summed E-state index contributed by atoms with van der Waals surface area (Å²) in [6.07, 6.45) is 3.32. The van der Waals surface area contributed by atoms with Gasteiger partial charge in [0.25, 0.3) is 0 Å². The summed E-state index contributed by atoms with van der Waals surface area (Å²) in [6, 6.07) is 0. The van der Waals surface area contributed by atoms with Crippen LogP contribution in [0.25, 0.3) is 0 Å². The second-order valence-electron chi connectivity index (χ2n) is 3.16. The van der Waals surface area contributed by atoms with Crippen molar-refractivity contribution < 1.29 is 4.74 Å². The van der Waals surface area contributed by atoms with E-state index in [0.717, 1.165) is 32.5 Å². The average molecular weight is 201 g/mol. The van der Waals surface area contributed by atoms with Gasteiger partial charge in [-0.1, -0.05) is 20.3 Å². The molecule has 0 saturated carbocycles. The molecule has 3 N–H and O–H groups in total. The molecule has 84 valence electrons. The second-order valence-corrected chi connectivity index (χ2v) is 3.16. The van der Waals surface area contributed by atoms with Gasteiger partial charge in [-0.05, 0) is 12.8 Å². The van der Waals surface area contributed by atoms with Gasteiger partial charge < -0.3 is 15.8 Å². The lowest BCUT2D eigenvalue weighted by molar-refractivity contribution is 0.136. The highest BCUT2D eigenvalue weighted by atomic mass is 16.5. The van der Waals surface area contributed by atoms with Crippen LogP contribution in [0.2, 0.25) is 0 Å². The van der Waals surface area contributed by atoms with Gasteiger partial charge in [-0.2, -0.15) is 0 Å². The maximum atomic E-state index is 5.58. The normalized spacial score (nSPS) is 11.7. The number of hydrogen-bond acceptors (Lipinski definition) is 2.